The smallest absolute Gasteiger partial charge is 0.407 e. The standard InChI is InChI=1S/C23H26F3NO4.C20H19F3O2S.C18H18F3NO2.C4H8F2O.C3H8.2ClH/c1-15(17-10-11-18(19(24)12-17)16-8-6-5-7-9-16)20(28)30-14-23(25,26)13-27-21(29)31-22(2,3)4;1-14(19(24)25-13-20(22,23)10-5-11-26)16-8-9-17(18(21)12-16)15-6-3-2-4-7-15;1-12(17(23)24-11-18(20,21)10-22)14-7-8-15(16(19)9-14)13-5-3-2-4-6-13;1-2-4(5,6)3-7;1-3-2;;/h5-12,15H,13-14H2,1-4H3,(H,27,29);2-4,6-9,11-12,14H,5,10,13H2,1H3;2-9,12H,10-11,22H2,1H3;7H,2-3H2,1H3;3H2,1-2H3;2*1H/i;;;;1TD;;. The lowest BCUT2D eigenvalue weighted by molar-refractivity contribution is -0.409. The minimum atomic E-state index is -3.49. The van der Waals surface area contributed by atoms with Crippen LogP contribution in [0.4, 0.5) is 53.1 Å². The number of amides is 1. The Morgan fingerprint density at radius 1 is 0.591 bits per heavy atom. The molecule has 4 atom stereocenters. The summed E-state index contributed by atoms with van der Waals surface area (Å²) in [7, 11) is 0. The molecule has 4 unspecified atom stereocenters. The Hall–Kier alpha value is -7.18. The van der Waals surface area contributed by atoms with E-state index in [2.05, 4.69) is 22.7 Å². The Morgan fingerprint density at radius 3 is 1.17 bits per heavy atom. The number of thiocarbonyl (C=S) groups is 1. The van der Waals surface area contributed by atoms with Crippen molar-refractivity contribution in [3.63, 3.8) is 0 Å². The number of nitrogens with one attached hydrogen (secondary N) is 1. The molecule has 0 aliphatic carbocycles. The summed E-state index contributed by atoms with van der Waals surface area (Å²) in [5.74, 6) is -19.4. The average Bonchev–Trinajstić information content (AvgIpc) is 0.876. The second-order valence-electron chi connectivity index (χ2n) is 21.5. The molecule has 0 aromatic heterocycles. The topological polar surface area (TPSA) is 165 Å². The molecule has 0 saturated carbocycles. The Bertz CT molecular complexity index is 3270. The summed E-state index contributed by atoms with van der Waals surface area (Å²) in [5, 5.41) is 11.0. The molecule has 0 bridgehead atoms. The first-order valence-corrected chi connectivity index (χ1v) is 29.1. The van der Waals surface area contributed by atoms with Gasteiger partial charge in [-0.1, -0.05) is 167 Å². The van der Waals surface area contributed by atoms with Gasteiger partial charge in [-0.15, -0.1) is 12.4 Å². The Kier molecular flexibility index (Phi) is 36.6. The lowest BCUT2D eigenvalue weighted by Crippen LogP contribution is -3.00. The monoisotopic (exact) mass is 1380 g/mol. The number of quaternary nitrogens is 1. The maximum absolute atomic E-state index is 14.5. The molecule has 0 spiro atoms. The van der Waals surface area contributed by atoms with Gasteiger partial charge in [0, 0.05) is 32.3 Å². The van der Waals surface area contributed by atoms with Gasteiger partial charge in [0.15, 0.2) is 19.8 Å². The van der Waals surface area contributed by atoms with Gasteiger partial charge < -0.3 is 47.5 Å². The van der Waals surface area contributed by atoms with E-state index in [0.717, 1.165) is 0 Å². The number of halogens is 13. The highest BCUT2D eigenvalue weighted by molar-refractivity contribution is 7.78. The largest absolute Gasteiger partial charge is 1.00 e. The normalized spacial score (nSPS) is 12.7. The van der Waals surface area contributed by atoms with Gasteiger partial charge in [-0.05, 0) is 105 Å². The van der Waals surface area contributed by atoms with E-state index < -0.39 is 141 Å². The predicted octanol–water partition coefficient (Wildman–Crippen LogP) is 13.7. The van der Waals surface area contributed by atoms with Crippen LogP contribution in [0.1, 0.15) is 125 Å². The third-order valence-electron chi connectivity index (χ3n) is 12.7. The van der Waals surface area contributed by atoms with Crippen LogP contribution in [-0.4, -0.2) is 103 Å². The molecule has 0 aliphatic heterocycles. The zero-order valence-corrected chi connectivity index (χ0v) is 55.0. The maximum atomic E-state index is 14.5. The molecule has 6 rings (SSSR count). The molecular formula is C68H81Cl2F11N2O9S. The van der Waals surface area contributed by atoms with E-state index in [4.69, 9.17) is 22.1 Å². The van der Waals surface area contributed by atoms with Crippen molar-refractivity contribution in [1.29, 1.82) is 0 Å². The fourth-order valence-electron chi connectivity index (χ4n) is 7.36. The minimum Gasteiger partial charge on any atom is -1.00 e. The Balaban J connectivity index is 0.00000127. The molecular weight excluding hydrogens is 1300 g/mol. The number of ether oxygens (including phenoxy) is 4. The molecule has 1 amide bonds. The van der Waals surface area contributed by atoms with Crippen LogP contribution in [0.15, 0.2) is 146 Å². The number of carbonyl (C=O) groups excluding carboxylic acids is 4. The van der Waals surface area contributed by atoms with Gasteiger partial charge in [0.05, 0.1) is 24.3 Å². The van der Waals surface area contributed by atoms with Crippen molar-refractivity contribution in [2.45, 2.75) is 135 Å². The van der Waals surface area contributed by atoms with Crippen molar-refractivity contribution in [2.75, 3.05) is 39.5 Å². The minimum absolute atomic E-state index is 0. The first-order chi connectivity index (χ1) is 43.4. The predicted molar refractivity (Wildman–Crippen MR) is 339 cm³/mol. The van der Waals surface area contributed by atoms with Gasteiger partial charge >= 0.3 is 29.9 Å². The van der Waals surface area contributed by atoms with Crippen LogP contribution in [0.3, 0.4) is 0 Å². The molecule has 0 fully saturated rings. The lowest BCUT2D eigenvalue weighted by Gasteiger charge is -2.22. The summed E-state index contributed by atoms with van der Waals surface area (Å²) < 4.78 is 179. The summed E-state index contributed by atoms with van der Waals surface area (Å²) in [6.07, 6.45) is -1.07. The average molecular weight is 1390 g/mol. The molecule has 0 saturated heterocycles. The van der Waals surface area contributed by atoms with E-state index in [0.29, 0.717) is 56.5 Å². The zero-order chi connectivity index (χ0) is 70.3. The van der Waals surface area contributed by atoms with Gasteiger partial charge in [-0.3, -0.25) is 14.4 Å². The van der Waals surface area contributed by atoms with Crippen molar-refractivity contribution >= 4 is 54.0 Å². The maximum Gasteiger partial charge on any atom is 0.407 e. The van der Waals surface area contributed by atoms with Crippen LogP contribution in [-0.2, 0) is 33.3 Å². The van der Waals surface area contributed by atoms with Crippen molar-refractivity contribution < 1.29 is 112 Å². The summed E-state index contributed by atoms with van der Waals surface area (Å²) in [5.41, 5.74) is 6.60. The SMILES string of the molecule is CC(C(=O)OCC(F)(F)CCC=S)c1ccc(-c2ccccc2)c(F)c1.CC(C(=O)OCC(F)(F)CNC(=O)OC(C)(C)C)c1ccc(-c2ccccc2)c(F)c1.CC(C(=O)OCC(F)(F)C[NH3+])c1ccc(-c2ccccc2)c(F)c1.CCC(F)(F)CO.Cl.[2H]C([3H])CC.[Cl-]. The molecule has 93 heavy (non-hydrogen) atoms. The number of carbonyl (C=O) groups is 4. The summed E-state index contributed by atoms with van der Waals surface area (Å²) in [4.78, 5) is 47.6. The quantitative estimate of drug-likeness (QED) is 0.0243. The second-order valence-corrected chi connectivity index (χ2v) is 21.8. The van der Waals surface area contributed by atoms with E-state index in [1.165, 1.54) is 57.3 Å². The molecule has 11 nitrogen and oxygen atoms in total. The van der Waals surface area contributed by atoms with Crippen molar-refractivity contribution in [3.05, 3.63) is 180 Å². The number of hydrogen-bond acceptors (Lipinski definition) is 10. The summed E-state index contributed by atoms with van der Waals surface area (Å²) >= 11 is 4.52. The third kappa shape index (κ3) is 32.0. The molecule has 0 heterocycles. The van der Waals surface area contributed by atoms with E-state index in [9.17, 15) is 67.5 Å². The molecule has 514 valence electrons. The number of benzene rings is 6. The van der Waals surface area contributed by atoms with Crippen molar-refractivity contribution in [1.82, 2.24) is 5.32 Å². The van der Waals surface area contributed by atoms with Crippen LogP contribution >= 0.6 is 24.6 Å². The van der Waals surface area contributed by atoms with Crippen LogP contribution < -0.4 is 23.5 Å². The fourth-order valence-corrected chi connectivity index (χ4v) is 7.48. The van der Waals surface area contributed by atoms with Gasteiger partial charge in [0.2, 0.25) is 0 Å². The highest BCUT2D eigenvalue weighted by Gasteiger charge is 2.35. The fraction of sp³-hybridized carbons (Fsp3) is 0.397. The molecule has 6 aromatic rings. The van der Waals surface area contributed by atoms with Crippen LogP contribution in [0, 0.1) is 17.5 Å². The molecule has 25 heteroatoms. The molecule has 0 radical (unpaired) electrons. The van der Waals surface area contributed by atoms with Crippen LogP contribution in [0.2, 0.25) is 0 Å². The van der Waals surface area contributed by atoms with Gasteiger partial charge in [-0.25, -0.2) is 44.3 Å². The number of aliphatic hydroxyl groups excluding tert-OH is 1. The number of aliphatic hydroxyl groups is 1. The zero-order valence-electron chi connectivity index (χ0n) is 54.6. The summed E-state index contributed by atoms with van der Waals surface area (Å²) in [6, 6.07) is 39.9. The number of hydrogen-bond donors (Lipinski definition) is 3. The summed E-state index contributed by atoms with van der Waals surface area (Å²) in [6.45, 7) is 5.76. The highest BCUT2D eigenvalue weighted by Crippen LogP contribution is 2.31. The van der Waals surface area contributed by atoms with Crippen LogP contribution in [0.25, 0.3) is 33.4 Å². The van der Waals surface area contributed by atoms with E-state index in [1.807, 2.05) is 30.4 Å². The molecule has 6 aromatic carbocycles. The number of esters is 3. The van der Waals surface area contributed by atoms with Gasteiger partial charge in [-0.2, -0.15) is 8.78 Å². The number of rotatable bonds is 23. The van der Waals surface area contributed by atoms with E-state index >= 15 is 0 Å². The van der Waals surface area contributed by atoms with Gasteiger partial charge in [0.1, 0.15) is 36.2 Å². The Morgan fingerprint density at radius 2 is 0.914 bits per heavy atom. The highest BCUT2D eigenvalue weighted by atomic mass is 35.5. The molecule has 5 N–H and O–H groups in total. The number of alkyl halides is 8. The van der Waals surface area contributed by atoms with E-state index in [1.54, 1.807) is 124 Å². The first-order valence-electron chi connectivity index (χ1n) is 29.8. The second kappa shape index (κ2) is 41.5. The number of alkyl carbamates (subject to hydrolysis) is 1. The van der Waals surface area contributed by atoms with Crippen LogP contribution in [0.5, 0.6) is 0 Å². The third-order valence-corrected chi connectivity index (χ3v) is 12.9. The van der Waals surface area contributed by atoms with Crippen molar-refractivity contribution in [3.8, 4) is 33.4 Å². The van der Waals surface area contributed by atoms with Gasteiger partial charge in [0.25, 0.3) is 17.8 Å². The Labute approximate surface area is 556 Å². The van der Waals surface area contributed by atoms with Crippen molar-refractivity contribution in [2.24, 2.45) is 0 Å². The lowest BCUT2D eigenvalue weighted by atomic mass is 9.97. The van der Waals surface area contributed by atoms with E-state index in [-0.39, 0.29) is 37.7 Å². The molecule has 0 aliphatic rings. The first kappa shape index (κ1) is 81.9.